The summed E-state index contributed by atoms with van der Waals surface area (Å²) in [7, 11) is 0. The van der Waals surface area contributed by atoms with Crippen molar-refractivity contribution in [3.05, 3.63) is 88.2 Å². The number of hydrogen-bond donors (Lipinski definition) is 1. The van der Waals surface area contributed by atoms with Crippen LogP contribution in [0.1, 0.15) is 17.5 Å². The van der Waals surface area contributed by atoms with Gasteiger partial charge in [-0.05, 0) is 65.1 Å². The molecule has 5 rings (SSSR count). The van der Waals surface area contributed by atoms with Crippen molar-refractivity contribution in [3.8, 4) is 11.1 Å². The summed E-state index contributed by atoms with van der Waals surface area (Å²) in [6.07, 6.45) is 4.50. The number of halogens is 2. The number of aliphatic imine (C=N–C) groups is 2. The van der Waals surface area contributed by atoms with Gasteiger partial charge >= 0.3 is 0 Å². The van der Waals surface area contributed by atoms with Crippen molar-refractivity contribution < 1.29 is 0 Å². The van der Waals surface area contributed by atoms with Gasteiger partial charge < -0.3 is 5.73 Å². The van der Waals surface area contributed by atoms with Crippen molar-refractivity contribution in [1.82, 2.24) is 9.88 Å². The Balaban J connectivity index is 1.74. The fourth-order valence-corrected chi connectivity index (χ4v) is 4.74. The molecule has 150 valence electrons. The first kappa shape index (κ1) is 19.1. The highest BCUT2D eigenvalue weighted by Crippen LogP contribution is 2.42. The smallest absolute Gasteiger partial charge is 0.198 e. The predicted octanol–water partition coefficient (Wildman–Crippen LogP) is 4.73. The molecule has 2 aliphatic heterocycles. The SMILES string of the molecule is NC1=NC(c2ccncc2)(c2cccc(-c3cc(Cl)cc(Cl)c3)c2)C2=NCCCN12. The molecule has 0 saturated heterocycles. The molecule has 3 heterocycles. The first-order chi connectivity index (χ1) is 14.6. The van der Waals surface area contributed by atoms with Crippen molar-refractivity contribution in [3.63, 3.8) is 0 Å². The third-order valence-corrected chi connectivity index (χ3v) is 5.95. The monoisotopic (exact) mass is 435 g/mol. The van der Waals surface area contributed by atoms with Gasteiger partial charge in [0, 0.05) is 35.5 Å². The van der Waals surface area contributed by atoms with E-state index in [1.54, 1.807) is 18.5 Å². The van der Waals surface area contributed by atoms with Crippen LogP contribution in [0.15, 0.2) is 77.0 Å². The predicted molar refractivity (Wildman–Crippen MR) is 122 cm³/mol. The van der Waals surface area contributed by atoms with E-state index in [4.69, 9.17) is 38.9 Å². The van der Waals surface area contributed by atoms with Crippen molar-refractivity contribution in [2.45, 2.75) is 12.0 Å². The Kier molecular flexibility index (Phi) is 4.72. The van der Waals surface area contributed by atoms with Gasteiger partial charge in [-0.1, -0.05) is 41.4 Å². The van der Waals surface area contributed by atoms with Crippen LogP contribution in [-0.4, -0.2) is 34.8 Å². The summed E-state index contributed by atoms with van der Waals surface area (Å²) in [4.78, 5) is 16.1. The van der Waals surface area contributed by atoms with Crippen LogP contribution in [0.25, 0.3) is 11.1 Å². The normalized spacial score (nSPS) is 20.5. The van der Waals surface area contributed by atoms with Crippen molar-refractivity contribution in [1.29, 1.82) is 0 Å². The number of pyridine rings is 1. The molecular formula is C23H19Cl2N5. The van der Waals surface area contributed by atoms with Gasteiger partial charge in [0.25, 0.3) is 0 Å². The van der Waals surface area contributed by atoms with Gasteiger partial charge in [0.05, 0.1) is 0 Å². The van der Waals surface area contributed by atoms with E-state index in [2.05, 4.69) is 17.1 Å². The fraction of sp³-hybridized carbons (Fsp3) is 0.174. The molecule has 0 saturated carbocycles. The van der Waals surface area contributed by atoms with Crippen molar-refractivity contribution in [2.24, 2.45) is 15.7 Å². The fourth-order valence-electron chi connectivity index (χ4n) is 4.21. The van der Waals surface area contributed by atoms with Crippen LogP contribution >= 0.6 is 23.2 Å². The lowest BCUT2D eigenvalue weighted by Crippen LogP contribution is -2.46. The Hall–Kier alpha value is -2.89. The number of guanidine groups is 1. The summed E-state index contributed by atoms with van der Waals surface area (Å²) in [5.74, 6) is 1.35. The molecule has 1 aromatic heterocycles. The Morgan fingerprint density at radius 2 is 1.67 bits per heavy atom. The van der Waals surface area contributed by atoms with Crippen LogP contribution in [-0.2, 0) is 5.54 Å². The summed E-state index contributed by atoms with van der Waals surface area (Å²) in [5.41, 5.74) is 9.45. The van der Waals surface area contributed by atoms with E-state index in [1.807, 2.05) is 41.3 Å². The largest absolute Gasteiger partial charge is 0.369 e. The average Bonchev–Trinajstić information content (AvgIpc) is 3.08. The molecular weight excluding hydrogens is 417 g/mol. The minimum atomic E-state index is -0.814. The molecule has 0 fully saturated rings. The van der Waals surface area contributed by atoms with Gasteiger partial charge in [-0.15, -0.1) is 0 Å². The highest BCUT2D eigenvalue weighted by atomic mass is 35.5. The molecule has 0 spiro atoms. The van der Waals surface area contributed by atoms with Crippen LogP contribution < -0.4 is 5.73 Å². The van der Waals surface area contributed by atoms with Crippen LogP contribution in [0.4, 0.5) is 0 Å². The van der Waals surface area contributed by atoms with Crippen LogP contribution in [0, 0.1) is 0 Å². The van der Waals surface area contributed by atoms with E-state index in [0.717, 1.165) is 47.6 Å². The molecule has 0 bridgehead atoms. The molecule has 0 aliphatic carbocycles. The van der Waals surface area contributed by atoms with Crippen LogP contribution in [0.5, 0.6) is 0 Å². The third-order valence-electron chi connectivity index (χ3n) is 5.51. The average molecular weight is 436 g/mol. The van der Waals surface area contributed by atoms with Gasteiger partial charge in [0.1, 0.15) is 5.84 Å². The number of amidine groups is 1. The number of benzene rings is 2. The lowest BCUT2D eigenvalue weighted by atomic mass is 9.81. The maximum Gasteiger partial charge on any atom is 0.198 e. The lowest BCUT2D eigenvalue weighted by molar-refractivity contribution is 0.531. The van der Waals surface area contributed by atoms with E-state index in [1.165, 1.54) is 0 Å². The molecule has 1 atom stereocenters. The minimum Gasteiger partial charge on any atom is -0.369 e. The standard InChI is InChI=1S/C23H19Cl2N5/c24-19-12-16(13-20(25)14-19)15-3-1-4-18(11-15)23(17-5-8-27-9-6-17)21-28-7-2-10-30(21)22(26)29-23/h1,3-6,8-9,11-14H,2,7,10H2,(H2,26,29). The molecule has 5 nitrogen and oxygen atoms in total. The summed E-state index contributed by atoms with van der Waals surface area (Å²) >= 11 is 12.5. The molecule has 3 aromatic rings. The number of nitrogens with zero attached hydrogens (tertiary/aromatic N) is 4. The van der Waals surface area contributed by atoms with Crippen molar-refractivity contribution in [2.75, 3.05) is 13.1 Å². The maximum atomic E-state index is 6.37. The summed E-state index contributed by atoms with van der Waals surface area (Å²) < 4.78 is 0. The topological polar surface area (TPSA) is 66.9 Å². The zero-order chi connectivity index (χ0) is 20.7. The summed E-state index contributed by atoms with van der Waals surface area (Å²) in [6.45, 7) is 1.57. The minimum absolute atomic E-state index is 0.487. The molecule has 2 N–H and O–H groups in total. The molecule has 0 radical (unpaired) electrons. The maximum absolute atomic E-state index is 6.37. The Labute approximate surface area is 184 Å². The van der Waals surface area contributed by atoms with Gasteiger partial charge in [-0.3, -0.25) is 14.9 Å². The van der Waals surface area contributed by atoms with E-state index >= 15 is 0 Å². The zero-order valence-electron chi connectivity index (χ0n) is 16.1. The Morgan fingerprint density at radius 3 is 2.43 bits per heavy atom. The molecule has 2 aliphatic rings. The summed E-state index contributed by atoms with van der Waals surface area (Å²) in [6, 6.07) is 17.7. The highest BCUT2D eigenvalue weighted by Gasteiger charge is 2.49. The molecule has 7 heteroatoms. The number of rotatable bonds is 3. The molecule has 30 heavy (non-hydrogen) atoms. The third kappa shape index (κ3) is 3.06. The Bertz CT molecular complexity index is 1150. The van der Waals surface area contributed by atoms with Gasteiger partial charge in [0.2, 0.25) is 0 Å². The number of hydrogen-bond acceptors (Lipinski definition) is 5. The van der Waals surface area contributed by atoms with E-state index in [-0.39, 0.29) is 0 Å². The van der Waals surface area contributed by atoms with Crippen LogP contribution in [0.2, 0.25) is 10.0 Å². The van der Waals surface area contributed by atoms with Gasteiger partial charge in [-0.25, -0.2) is 4.99 Å². The second kappa shape index (κ2) is 7.42. The first-order valence-electron chi connectivity index (χ1n) is 9.73. The van der Waals surface area contributed by atoms with E-state index in [0.29, 0.717) is 16.0 Å². The van der Waals surface area contributed by atoms with Crippen LogP contribution in [0.3, 0.4) is 0 Å². The second-order valence-electron chi connectivity index (χ2n) is 7.37. The van der Waals surface area contributed by atoms with Gasteiger partial charge in [-0.2, -0.15) is 0 Å². The molecule has 2 aromatic carbocycles. The number of fused-ring (bicyclic) bond motifs is 1. The van der Waals surface area contributed by atoms with E-state index < -0.39 is 5.54 Å². The van der Waals surface area contributed by atoms with Gasteiger partial charge in [0.15, 0.2) is 11.5 Å². The molecule has 0 amide bonds. The van der Waals surface area contributed by atoms with E-state index in [9.17, 15) is 0 Å². The number of aromatic nitrogens is 1. The van der Waals surface area contributed by atoms with Crippen molar-refractivity contribution >= 4 is 35.0 Å². The zero-order valence-corrected chi connectivity index (χ0v) is 17.6. The molecule has 1 unspecified atom stereocenters. The second-order valence-corrected chi connectivity index (χ2v) is 8.24. The Morgan fingerprint density at radius 1 is 0.900 bits per heavy atom. The lowest BCUT2D eigenvalue weighted by Gasteiger charge is -2.33. The first-order valence-corrected chi connectivity index (χ1v) is 10.5. The summed E-state index contributed by atoms with van der Waals surface area (Å²) in [5, 5.41) is 1.19. The number of nitrogens with two attached hydrogens (primary N) is 1. The highest BCUT2D eigenvalue weighted by molar-refractivity contribution is 6.35. The quantitative estimate of drug-likeness (QED) is 0.646.